The minimum atomic E-state index is -0.208. The summed E-state index contributed by atoms with van der Waals surface area (Å²) in [5.74, 6) is -0.208. The molecule has 0 fully saturated rings. The Hall–Kier alpha value is -1.34. The van der Waals surface area contributed by atoms with E-state index in [9.17, 15) is 4.39 Å². The summed E-state index contributed by atoms with van der Waals surface area (Å²) in [5.41, 5.74) is 1.86. The minimum absolute atomic E-state index is 0.175. The van der Waals surface area contributed by atoms with E-state index in [1.54, 1.807) is 0 Å². The van der Waals surface area contributed by atoms with Crippen LogP contribution in [0.3, 0.4) is 0 Å². The van der Waals surface area contributed by atoms with E-state index in [1.165, 1.54) is 12.1 Å². The molecule has 2 rings (SSSR count). The lowest BCUT2D eigenvalue weighted by Gasteiger charge is -2.43. The predicted molar refractivity (Wildman–Crippen MR) is 83.9 cm³/mol. The zero-order chi connectivity index (χ0) is 15.0. The summed E-state index contributed by atoms with van der Waals surface area (Å²) in [6.07, 6.45) is 0. The van der Waals surface area contributed by atoms with Gasteiger partial charge < -0.3 is 0 Å². The zero-order valence-electron chi connectivity index (χ0n) is 12.4. The maximum Gasteiger partial charge on any atom is 0.123 e. The third-order valence-electron chi connectivity index (χ3n) is 4.68. The quantitative estimate of drug-likeness (QED) is 0.677. The van der Waals surface area contributed by atoms with E-state index in [0.29, 0.717) is 0 Å². The molecule has 0 radical (unpaired) electrons. The highest BCUT2D eigenvalue weighted by Gasteiger charge is 2.40. The summed E-state index contributed by atoms with van der Waals surface area (Å²) in [5, 5.41) is 0.771. The van der Waals surface area contributed by atoms with E-state index >= 15 is 0 Å². The molecule has 2 aromatic rings. The van der Waals surface area contributed by atoms with Crippen LogP contribution in [-0.2, 0) is 10.8 Å². The highest BCUT2D eigenvalue weighted by molar-refractivity contribution is 6.31. The average molecular weight is 291 g/mol. The van der Waals surface area contributed by atoms with Crippen molar-refractivity contribution in [1.29, 1.82) is 0 Å². The lowest BCUT2D eigenvalue weighted by molar-refractivity contribution is 0.303. The first-order chi connectivity index (χ1) is 9.26. The summed E-state index contributed by atoms with van der Waals surface area (Å²) in [6, 6.07) is 14.7. The van der Waals surface area contributed by atoms with Gasteiger partial charge in [0.1, 0.15) is 5.82 Å². The molecule has 0 amide bonds. The van der Waals surface area contributed by atoms with Gasteiger partial charge in [0.15, 0.2) is 0 Å². The highest BCUT2D eigenvalue weighted by atomic mass is 35.5. The maximum atomic E-state index is 13.1. The van der Waals surface area contributed by atoms with Crippen molar-refractivity contribution in [3.8, 4) is 0 Å². The Balaban J connectivity index is 2.51. The molecule has 0 aliphatic carbocycles. The van der Waals surface area contributed by atoms with E-state index in [-0.39, 0.29) is 16.6 Å². The molecule has 0 aliphatic rings. The Morgan fingerprint density at radius 3 is 1.90 bits per heavy atom. The molecular weight excluding hydrogens is 271 g/mol. The predicted octanol–water partition coefficient (Wildman–Crippen LogP) is 5.73. The number of halogens is 2. The number of rotatable bonds is 3. The van der Waals surface area contributed by atoms with Gasteiger partial charge in [-0.15, -0.1) is 0 Å². The molecule has 0 spiro atoms. The van der Waals surface area contributed by atoms with Crippen molar-refractivity contribution in [2.75, 3.05) is 0 Å². The molecule has 106 valence electrons. The molecule has 0 unspecified atom stereocenters. The van der Waals surface area contributed by atoms with Crippen molar-refractivity contribution in [2.24, 2.45) is 0 Å². The standard InChI is InChI=1S/C18H20ClF/c1-17(2,13-9-11-14(20)12-10-13)18(3,4)15-7-5-6-8-16(15)19/h5-12H,1-4H3. The van der Waals surface area contributed by atoms with E-state index in [0.717, 1.165) is 16.1 Å². The summed E-state index contributed by atoms with van der Waals surface area (Å²) in [4.78, 5) is 0. The zero-order valence-corrected chi connectivity index (χ0v) is 13.1. The van der Waals surface area contributed by atoms with E-state index in [4.69, 9.17) is 11.6 Å². The van der Waals surface area contributed by atoms with Crippen LogP contribution in [0.2, 0.25) is 5.02 Å². The first-order valence-electron chi connectivity index (χ1n) is 6.78. The first kappa shape index (κ1) is 15.1. The third kappa shape index (κ3) is 2.47. The van der Waals surface area contributed by atoms with Gasteiger partial charge in [-0.05, 0) is 34.7 Å². The van der Waals surface area contributed by atoms with Crippen molar-refractivity contribution >= 4 is 11.6 Å². The smallest absolute Gasteiger partial charge is 0.123 e. The van der Waals surface area contributed by atoms with Gasteiger partial charge >= 0.3 is 0 Å². The molecule has 2 aromatic carbocycles. The Morgan fingerprint density at radius 2 is 1.35 bits per heavy atom. The van der Waals surface area contributed by atoms with Crippen LogP contribution in [-0.4, -0.2) is 0 Å². The molecule has 0 aromatic heterocycles. The van der Waals surface area contributed by atoms with Crippen LogP contribution in [0.5, 0.6) is 0 Å². The molecular formula is C18H20ClF. The van der Waals surface area contributed by atoms with E-state index in [1.807, 2.05) is 30.3 Å². The second-order valence-corrected chi connectivity index (χ2v) is 6.64. The Bertz CT molecular complexity index is 597. The van der Waals surface area contributed by atoms with Gasteiger partial charge in [-0.2, -0.15) is 0 Å². The molecule has 0 atom stereocenters. The fourth-order valence-corrected chi connectivity index (χ4v) is 2.90. The lowest BCUT2D eigenvalue weighted by Crippen LogP contribution is -2.40. The van der Waals surface area contributed by atoms with Crippen LogP contribution in [0.15, 0.2) is 48.5 Å². The van der Waals surface area contributed by atoms with Gasteiger partial charge in [-0.25, -0.2) is 4.39 Å². The fraction of sp³-hybridized carbons (Fsp3) is 0.333. The number of hydrogen-bond acceptors (Lipinski definition) is 0. The van der Waals surface area contributed by atoms with Crippen LogP contribution in [0.4, 0.5) is 4.39 Å². The fourth-order valence-electron chi connectivity index (χ4n) is 2.53. The van der Waals surface area contributed by atoms with Crippen LogP contribution in [0.1, 0.15) is 38.8 Å². The SMILES string of the molecule is CC(C)(c1ccc(F)cc1)C(C)(C)c1ccccc1Cl. The van der Waals surface area contributed by atoms with Crippen molar-refractivity contribution in [2.45, 2.75) is 38.5 Å². The van der Waals surface area contributed by atoms with Gasteiger partial charge in [0, 0.05) is 10.4 Å². The van der Waals surface area contributed by atoms with E-state index < -0.39 is 0 Å². The molecule has 0 aliphatic heterocycles. The maximum absolute atomic E-state index is 13.1. The molecule has 0 nitrogen and oxygen atoms in total. The summed E-state index contributed by atoms with van der Waals surface area (Å²) < 4.78 is 13.1. The molecule has 2 heteroatoms. The highest BCUT2D eigenvalue weighted by Crippen LogP contribution is 2.45. The normalized spacial score (nSPS) is 12.5. The van der Waals surface area contributed by atoms with Gasteiger partial charge in [-0.3, -0.25) is 0 Å². The molecule has 0 N–H and O–H groups in total. The third-order valence-corrected chi connectivity index (χ3v) is 5.01. The topological polar surface area (TPSA) is 0 Å². The molecule has 20 heavy (non-hydrogen) atoms. The van der Waals surface area contributed by atoms with Crippen molar-refractivity contribution in [3.63, 3.8) is 0 Å². The average Bonchev–Trinajstić information content (AvgIpc) is 2.39. The summed E-state index contributed by atoms with van der Waals surface area (Å²) in [7, 11) is 0. The summed E-state index contributed by atoms with van der Waals surface area (Å²) in [6.45, 7) is 8.70. The molecule has 0 saturated carbocycles. The Kier molecular flexibility index (Phi) is 3.93. The van der Waals surface area contributed by atoms with Crippen molar-refractivity contribution in [1.82, 2.24) is 0 Å². The largest absolute Gasteiger partial charge is 0.207 e. The molecule has 0 saturated heterocycles. The Morgan fingerprint density at radius 1 is 0.800 bits per heavy atom. The van der Waals surface area contributed by atoms with Crippen LogP contribution in [0.25, 0.3) is 0 Å². The lowest BCUT2D eigenvalue weighted by atomic mass is 9.61. The van der Waals surface area contributed by atoms with Crippen molar-refractivity contribution in [3.05, 3.63) is 70.5 Å². The van der Waals surface area contributed by atoms with Gasteiger partial charge in [0.25, 0.3) is 0 Å². The summed E-state index contributed by atoms with van der Waals surface area (Å²) >= 11 is 6.37. The Labute approximate surface area is 125 Å². The van der Waals surface area contributed by atoms with Crippen LogP contribution >= 0.6 is 11.6 Å². The number of hydrogen-bond donors (Lipinski definition) is 0. The second kappa shape index (κ2) is 5.21. The van der Waals surface area contributed by atoms with Crippen molar-refractivity contribution < 1.29 is 4.39 Å². The molecule has 0 bridgehead atoms. The van der Waals surface area contributed by atoms with Crippen LogP contribution in [0, 0.1) is 5.82 Å². The first-order valence-corrected chi connectivity index (χ1v) is 7.15. The van der Waals surface area contributed by atoms with Gasteiger partial charge in [0.05, 0.1) is 0 Å². The van der Waals surface area contributed by atoms with Gasteiger partial charge in [-0.1, -0.05) is 69.6 Å². The van der Waals surface area contributed by atoms with Gasteiger partial charge in [0.2, 0.25) is 0 Å². The van der Waals surface area contributed by atoms with Crippen LogP contribution < -0.4 is 0 Å². The molecule has 0 heterocycles. The number of benzene rings is 2. The second-order valence-electron chi connectivity index (χ2n) is 6.24. The monoisotopic (exact) mass is 290 g/mol. The minimum Gasteiger partial charge on any atom is -0.207 e. The van der Waals surface area contributed by atoms with E-state index in [2.05, 4.69) is 33.8 Å².